The molecule has 0 bridgehead atoms. The van der Waals surface area contributed by atoms with Crippen molar-refractivity contribution in [2.24, 2.45) is 0 Å². The van der Waals surface area contributed by atoms with Crippen molar-refractivity contribution in [2.45, 2.75) is 4.90 Å². The van der Waals surface area contributed by atoms with Crippen molar-refractivity contribution >= 4 is 39.7 Å². The second-order valence-electron chi connectivity index (χ2n) is 8.85. The zero-order chi connectivity index (χ0) is 27.8. The number of nitrogens with zero attached hydrogens (tertiary/aromatic N) is 5. The van der Waals surface area contributed by atoms with Crippen LogP contribution in [-0.4, -0.2) is 82.6 Å². The third kappa shape index (κ3) is 7.78. The van der Waals surface area contributed by atoms with Gasteiger partial charge in [0.25, 0.3) is 0 Å². The second kappa shape index (κ2) is 12.7. The predicted octanol–water partition coefficient (Wildman–Crippen LogP) is 2.20. The van der Waals surface area contributed by atoms with Crippen LogP contribution in [0.5, 0.6) is 0 Å². The summed E-state index contributed by atoms with van der Waals surface area (Å²) in [6.45, 7) is 2.85. The Morgan fingerprint density at radius 1 is 1.03 bits per heavy atom. The van der Waals surface area contributed by atoms with E-state index in [1.807, 2.05) is 19.0 Å². The molecule has 11 nitrogen and oxygen atoms in total. The smallest absolute Gasteiger partial charge is 0.240 e. The van der Waals surface area contributed by atoms with Gasteiger partial charge < -0.3 is 19.9 Å². The van der Waals surface area contributed by atoms with Crippen molar-refractivity contribution in [2.75, 3.05) is 68.6 Å². The van der Waals surface area contributed by atoms with Crippen LogP contribution in [0.2, 0.25) is 0 Å². The minimum Gasteiger partial charge on any atom is -0.378 e. The number of aromatic nitrogens is 3. The van der Waals surface area contributed by atoms with Crippen molar-refractivity contribution in [3.8, 4) is 0 Å². The highest BCUT2D eigenvalue weighted by molar-refractivity contribution is 7.89. The van der Waals surface area contributed by atoms with Crippen LogP contribution in [0.25, 0.3) is 6.08 Å². The summed E-state index contributed by atoms with van der Waals surface area (Å²) in [6.07, 6.45) is 2.92. The van der Waals surface area contributed by atoms with Gasteiger partial charge in [0.1, 0.15) is 5.82 Å². The fraction of sp³-hybridized carbons (Fsp3) is 0.308. The summed E-state index contributed by atoms with van der Waals surface area (Å²) in [4.78, 5) is 29.6. The van der Waals surface area contributed by atoms with Gasteiger partial charge in [-0.25, -0.2) is 17.5 Å². The molecule has 1 fully saturated rings. The number of benzene rings is 2. The number of hydrogen-bond acceptors (Lipinski definition) is 10. The number of allylic oxidation sites excluding steroid dienone is 1. The zero-order valence-corrected chi connectivity index (χ0v) is 22.5. The average molecular weight is 556 g/mol. The first-order valence-electron chi connectivity index (χ1n) is 12.3. The molecule has 13 heteroatoms. The molecule has 0 aliphatic carbocycles. The van der Waals surface area contributed by atoms with Crippen LogP contribution in [-0.2, 0) is 14.8 Å². The lowest BCUT2D eigenvalue weighted by Crippen LogP contribution is -2.38. The van der Waals surface area contributed by atoms with E-state index < -0.39 is 10.0 Å². The first-order chi connectivity index (χ1) is 18.7. The minimum atomic E-state index is -3.80. The highest BCUT2D eigenvalue weighted by Crippen LogP contribution is 2.17. The second-order valence-corrected chi connectivity index (χ2v) is 10.6. The van der Waals surface area contributed by atoms with E-state index >= 15 is 0 Å². The standard InChI is InChI=1S/C26H30FN7O4S/c1-33(2)25-30-24(31-26(32-25)34-15-17-38-18-16-34)28-13-14-29-39(36,37)22-10-6-20(7-11-22)23(35)12-5-19-3-8-21(27)9-4-19/h3-12,29H,13-18H2,1-2H3,(H,28,30,31,32)/b12-5+. The van der Waals surface area contributed by atoms with Gasteiger partial charge in [0.15, 0.2) is 5.78 Å². The molecule has 0 radical (unpaired) electrons. The van der Waals surface area contributed by atoms with Crippen LogP contribution < -0.4 is 19.8 Å². The van der Waals surface area contributed by atoms with E-state index in [0.717, 1.165) is 0 Å². The predicted molar refractivity (Wildman–Crippen MR) is 147 cm³/mol. The number of ketones is 1. The number of nitrogens with one attached hydrogen (secondary N) is 2. The van der Waals surface area contributed by atoms with Crippen LogP contribution >= 0.6 is 0 Å². The topological polar surface area (TPSA) is 130 Å². The van der Waals surface area contributed by atoms with Crippen LogP contribution in [0.1, 0.15) is 15.9 Å². The fourth-order valence-electron chi connectivity index (χ4n) is 3.62. The summed E-state index contributed by atoms with van der Waals surface area (Å²) < 4.78 is 46.4. The van der Waals surface area contributed by atoms with E-state index in [4.69, 9.17) is 4.74 Å². The Bertz CT molecular complexity index is 1410. The van der Waals surface area contributed by atoms with E-state index in [-0.39, 0.29) is 29.6 Å². The third-order valence-electron chi connectivity index (χ3n) is 5.75. The number of ether oxygens (including phenoxy) is 1. The summed E-state index contributed by atoms with van der Waals surface area (Å²) in [5, 5.41) is 3.05. The molecular weight excluding hydrogens is 525 g/mol. The van der Waals surface area contributed by atoms with Crippen LogP contribution in [0.3, 0.4) is 0 Å². The molecule has 1 aliphatic rings. The number of morpholine rings is 1. The molecule has 2 heterocycles. The third-order valence-corrected chi connectivity index (χ3v) is 7.23. The first kappa shape index (κ1) is 28.1. The monoisotopic (exact) mass is 555 g/mol. The Kier molecular flexibility index (Phi) is 9.17. The Balaban J connectivity index is 1.32. The molecule has 0 amide bonds. The quantitative estimate of drug-likeness (QED) is 0.206. The van der Waals surface area contributed by atoms with Gasteiger partial charge in [-0.05, 0) is 48.0 Å². The number of rotatable bonds is 11. The molecule has 0 unspecified atom stereocenters. The SMILES string of the molecule is CN(C)c1nc(NCCNS(=O)(=O)c2ccc(C(=O)/C=C/c3ccc(F)cc3)cc2)nc(N2CCOCC2)n1. The van der Waals surface area contributed by atoms with Crippen molar-refractivity contribution in [3.63, 3.8) is 0 Å². The molecule has 1 saturated heterocycles. The maximum absolute atomic E-state index is 13.0. The highest BCUT2D eigenvalue weighted by atomic mass is 32.2. The maximum atomic E-state index is 13.0. The number of sulfonamides is 1. The first-order valence-corrected chi connectivity index (χ1v) is 13.8. The fourth-order valence-corrected chi connectivity index (χ4v) is 4.65. The summed E-state index contributed by atoms with van der Waals surface area (Å²) in [7, 11) is -0.141. The minimum absolute atomic E-state index is 0.0335. The molecule has 2 N–H and O–H groups in total. The van der Waals surface area contributed by atoms with Crippen molar-refractivity contribution in [3.05, 3.63) is 71.6 Å². The summed E-state index contributed by atoms with van der Waals surface area (Å²) in [5.41, 5.74) is 1.01. The molecule has 0 atom stereocenters. The number of anilines is 3. The molecule has 0 saturated carbocycles. The van der Waals surface area contributed by atoms with Crippen molar-refractivity contribution < 1.29 is 22.3 Å². The summed E-state index contributed by atoms with van der Waals surface area (Å²) in [6, 6.07) is 11.4. The number of halogens is 1. The van der Waals surface area contributed by atoms with E-state index in [2.05, 4.69) is 25.0 Å². The van der Waals surface area contributed by atoms with Crippen molar-refractivity contribution in [1.82, 2.24) is 19.7 Å². The number of carbonyl (C=O) groups excluding carboxylic acids is 1. The lowest BCUT2D eigenvalue weighted by Gasteiger charge is -2.27. The normalized spacial score (nSPS) is 14.0. The largest absolute Gasteiger partial charge is 0.378 e. The van der Waals surface area contributed by atoms with Gasteiger partial charge in [-0.2, -0.15) is 15.0 Å². The molecule has 2 aromatic carbocycles. The lowest BCUT2D eigenvalue weighted by molar-refractivity contribution is 0.104. The molecule has 3 aromatic rings. The Hall–Kier alpha value is -3.94. The molecule has 206 valence electrons. The van der Waals surface area contributed by atoms with Gasteiger partial charge in [0.2, 0.25) is 27.9 Å². The Morgan fingerprint density at radius 3 is 2.38 bits per heavy atom. The van der Waals surface area contributed by atoms with Crippen molar-refractivity contribution in [1.29, 1.82) is 0 Å². The average Bonchev–Trinajstić information content (AvgIpc) is 2.95. The molecule has 1 aliphatic heterocycles. The highest BCUT2D eigenvalue weighted by Gasteiger charge is 2.18. The Morgan fingerprint density at radius 2 is 1.72 bits per heavy atom. The molecule has 0 spiro atoms. The van der Waals surface area contributed by atoms with Crippen LogP contribution in [0.4, 0.5) is 22.2 Å². The van der Waals surface area contributed by atoms with Gasteiger partial charge in [0.05, 0.1) is 18.1 Å². The van der Waals surface area contributed by atoms with E-state index in [0.29, 0.717) is 55.3 Å². The number of hydrogen-bond donors (Lipinski definition) is 2. The van der Waals surface area contributed by atoms with Gasteiger partial charge in [0, 0.05) is 45.8 Å². The van der Waals surface area contributed by atoms with Gasteiger partial charge >= 0.3 is 0 Å². The molecule has 4 rings (SSSR count). The van der Waals surface area contributed by atoms with Crippen LogP contribution in [0, 0.1) is 5.82 Å². The number of carbonyl (C=O) groups is 1. The van der Waals surface area contributed by atoms with E-state index in [9.17, 15) is 17.6 Å². The van der Waals surface area contributed by atoms with E-state index in [1.54, 1.807) is 23.1 Å². The summed E-state index contributed by atoms with van der Waals surface area (Å²) >= 11 is 0. The summed E-state index contributed by atoms with van der Waals surface area (Å²) in [5.74, 6) is 0.693. The molecule has 39 heavy (non-hydrogen) atoms. The molecular formula is C26H30FN7O4S. The molecule has 1 aromatic heterocycles. The zero-order valence-electron chi connectivity index (χ0n) is 21.7. The van der Waals surface area contributed by atoms with Crippen LogP contribution in [0.15, 0.2) is 59.5 Å². The van der Waals surface area contributed by atoms with Gasteiger partial charge in [-0.3, -0.25) is 4.79 Å². The maximum Gasteiger partial charge on any atom is 0.240 e. The lowest BCUT2D eigenvalue weighted by atomic mass is 10.1. The van der Waals surface area contributed by atoms with Gasteiger partial charge in [-0.15, -0.1) is 0 Å². The van der Waals surface area contributed by atoms with Gasteiger partial charge in [-0.1, -0.05) is 18.2 Å². The Labute approximate surface area is 226 Å². The van der Waals surface area contributed by atoms with E-state index in [1.165, 1.54) is 42.5 Å².